The summed E-state index contributed by atoms with van der Waals surface area (Å²) in [6.45, 7) is 0. The molecule has 0 heterocycles. The first kappa shape index (κ1) is 10.2. The van der Waals surface area contributed by atoms with Gasteiger partial charge in [0.2, 0.25) is 0 Å². The molecule has 2 rings (SSSR count). The number of hydrogen-bond acceptors (Lipinski definition) is 2. The minimum absolute atomic E-state index is 0.445. The summed E-state index contributed by atoms with van der Waals surface area (Å²) in [6.07, 6.45) is 13.4. The molecule has 2 heteroatoms. The minimum atomic E-state index is 0.445. The number of rotatable bonds is 2. The van der Waals surface area contributed by atoms with E-state index in [1.807, 2.05) is 0 Å². The van der Waals surface area contributed by atoms with Crippen LogP contribution in [-0.4, -0.2) is 18.1 Å². The van der Waals surface area contributed by atoms with Crippen molar-refractivity contribution in [2.75, 3.05) is 0 Å². The van der Waals surface area contributed by atoms with Gasteiger partial charge < -0.3 is 11.1 Å². The molecular weight excluding hydrogens is 172 g/mol. The maximum absolute atomic E-state index is 5.98. The Kier molecular flexibility index (Phi) is 3.60. The van der Waals surface area contributed by atoms with Crippen molar-refractivity contribution in [3.8, 4) is 0 Å². The molecule has 0 saturated heterocycles. The van der Waals surface area contributed by atoms with Crippen LogP contribution >= 0.6 is 0 Å². The standard InChI is InChI=1S/C12H22N2/c13-10-5-4-8-12(9-10)14-11-6-2-1-3-7-11/h1-2,10-12,14H,3-9,13H2. The molecule has 0 aromatic carbocycles. The topological polar surface area (TPSA) is 38.0 Å². The maximum Gasteiger partial charge on any atom is 0.0107 e. The zero-order valence-corrected chi connectivity index (χ0v) is 8.91. The predicted molar refractivity (Wildman–Crippen MR) is 60.1 cm³/mol. The fraction of sp³-hybridized carbons (Fsp3) is 0.833. The van der Waals surface area contributed by atoms with Crippen molar-refractivity contribution in [2.45, 2.75) is 63.1 Å². The molecule has 0 radical (unpaired) electrons. The lowest BCUT2D eigenvalue weighted by atomic mass is 9.90. The first-order valence-corrected chi connectivity index (χ1v) is 6.01. The Labute approximate surface area is 86.9 Å². The highest BCUT2D eigenvalue weighted by molar-refractivity contribution is 4.94. The van der Waals surface area contributed by atoms with Crippen LogP contribution in [0.3, 0.4) is 0 Å². The van der Waals surface area contributed by atoms with E-state index in [4.69, 9.17) is 5.73 Å². The molecule has 0 bridgehead atoms. The SMILES string of the molecule is NC1CCCC(NC2CC=CCC2)C1. The molecule has 3 N–H and O–H groups in total. The van der Waals surface area contributed by atoms with Gasteiger partial charge in [0.15, 0.2) is 0 Å². The average Bonchev–Trinajstić information content (AvgIpc) is 2.19. The summed E-state index contributed by atoms with van der Waals surface area (Å²) in [6, 6.07) is 1.85. The van der Waals surface area contributed by atoms with Crippen LogP contribution in [0, 0.1) is 0 Å². The summed E-state index contributed by atoms with van der Waals surface area (Å²) in [5.41, 5.74) is 5.98. The molecule has 3 atom stereocenters. The van der Waals surface area contributed by atoms with Gasteiger partial charge in [0, 0.05) is 18.1 Å². The van der Waals surface area contributed by atoms with E-state index in [1.165, 1.54) is 44.9 Å². The Morgan fingerprint density at radius 3 is 2.71 bits per heavy atom. The van der Waals surface area contributed by atoms with Gasteiger partial charge in [-0.15, -0.1) is 0 Å². The Bertz CT molecular complexity index is 200. The van der Waals surface area contributed by atoms with Crippen LogP contribution in [0.5, 0.6) is 0 Å². The van der Waals surface area contributed by atoms with Crippen LogP contribution in [-0.2, 0) is 0 Å². The third kappa shape index (κ3) is 2.82. The summed E-state index contributed by atoms with van der Waals surface area (Å²) < 4.78 is 0. The van der Waals surface area contributed by atoms with Crippen LogP contribution in [0.1, 0.15) is 44.9 Å². The van der Waals surface area contributed by atoms with Gasteiger partial charge >= 0.3 is 0 Å². The van der Waals surface area contributed by atoms with Gasteiger partial charge in [-0.3, -0.25) is 0 Å². The van der Waals surface area contributed by atoms with E-state index in [9.17, 15) is 0 Å². The summed E-state index contributed by atoms with van der Waals surface area (Å²) in [4.78, 5) is 0. The van der Waals surface area contributed by atoms with Crippen molar-refractivity contribution < 1.29 is 0 Å². The lowest BCUT2D eigenvalue weighted by Crippen LogP contribution is -2.44. The van der Waals surface area contributed by atoms with E-state index in [-0.39, 0.29) is 0 Å². The van der Waals surface area contributed by atoms with Crippen LogP contribution in [0.25, 0.3) is 0 Å². The fourth-order valence-electron chi connectivity index (χ4n) is 2.66. The van der Waals surface area contributed by atoms with E-state index in [0.29, 0.717) is 12.1 Å². The molecule has 3 unspecified atom stereocenters. The molecule has 0 aromatic heterocycles. The highest BCUT2D eigenvalue weighted by atomic mass is 15.0. The van der Waals surface area contributed by atoms with Crippen molar-refractivity contribution >= 4 is 0 Å². The van der Waals surface area contributed by atoms with Gasteiger partial charge in [-0.25, -0.2) is 0 Å². The molecular formula is C12H22N2. The van der Waals surface area contributed by atoms with E-state index in [0.717, 1.165) is 6.04 Å². The highest BCUT2D eigenvalue weighted by Crippen LogP contribution is 2.19. The second kappa shape index (κ2) is 4.94. The van der Waals surface area contributed by atoms with Crippen molar-refractivity contribution in [1.29, 1.82) is 0 Å². The summed E-state index contributed by atoms with van der Waals surface area (Å²) in [5.74, 6) is 0. The van der Waals surface area contributed by atoms with Gasteiger partial charge in [-0.05, 0) is 38.5 Å². The Hall–Kier alpha value is -0.340. The summed E-state index contributed by atoms with van der Waals surface area (Å²) in [7, 11) is 0. The lowest BCUT2D eigenvalue weighted by Gasteiger charge is -2.31. The second-order valence-electron chi connectivity index (χ2n) is 4.77. The summed E-state index contributed by atoms with van der Waals surface area (Å²) >= 11 is 0. The highest BCUT2D eigenvalue weighted by Gasteiger charge is 2.21. The first-order valence-electron chi connectivity index (χ1n) is 6.01. The fourth-order valence-corrected chi connectivity index (χ4v) is 2.66. The normalized spacial score (nSPS) is 38.5. The lowest BCUT2D eigenvalue weighted by molar-refractivity contribution is 0.302. The van der Waals surface area contributed by atoms with Crippen LogP contribution in [0.4, 0.5) is 0 Å². The van der Waals surface area contributed by atoms with Gasteiger partial charge in [-0.2, -0.15) is 0 Å². The first-order chi connectivity index (χ1) is 6.84. The van der Waals surface area contributed by atoms with Crippen LogP contribution in [0.2, 0.25) is 0 Å². The number of allylic oxidation sites excluding steroid dienone is 1. The second-order valence-corrected chi connectivity index (χ2v) is 4.77. The average molecular weight is 194 g/mol. The molecule has 0 aliphatic heterocycles. The number of nitrogens with one attached hydrogen (secondary N) is 1. The van der Waals surface area contributed by atoms with Crippen molar-refractivity contribution in [1.82, 2.24) is 5.32 Å². The molecule has 14 heavy (non-hydrogen) atoms. The van der Waals surface area contributed by atoms with Gasteiger partial charge in [0.25, 0.3) is 0 Å². The third-order valence-corrected chi connectivity index (χ3v) is 3.46. The smallest absolute Gasteiger partial charge is 0.0107 e. The van der Waals surface area contributed by atoms with Gasteiger partial charge in [0.1, 0.15) is 0 Å². The van der Waals surface area contributed by atoms with Gasteiger partial charge in [-0.1, -0.05) is 18.6 Å². The monoisotopic (exact) mass is 194 g/mol. The van der Waals surface area contributed by atoms with E-state index >= 15 is 0 Å². The number of hydrogen-bond donors (Lipinski definition) is 2. The molecule has 0 aromatic rings. The van der Waals surface area contributed by atoms with Gasteiger partial charge in [0.05, 0.1) is 0 Å². The predicted octanol–water partition coefficient (Wildman–Crippen LogP) is 1.95. The Morgan fingerprint density at radius 2 is 2.00 bits per heavy atom. The Morgan fingerprint density at radius 1 is 1.07 bits per heavy atom. The Balaban J connectivity index is 1.75. The minimum Gasteiger partial charge on any atom is -0.328 e. The molecule has 2 nitrogen and oxygen atoms in total. The van der Waals surface area contributed by atoms with Crippen molar-refractivity contribution in [2.24, 2.45) is 5.73 Å². The van der Waals surface area contributed by atoms with Crippen LogP contribution in [0.15, 0.2) is 12.2 Å². The quantitative estimate of drug-likeness (QED) is 0.659. The molecule has 2 aliphatic carbocycles. The van der Waals surface area contributed by atoms with Crippen molar-refractivity contribution in [3.05, 3.63) is 12.2 Å². The molecule has 1 fully saturated rings. The van der Waals surface area contributed by atoms with E-state index in [1.54, 1.807) is 0 Å². The van der Waals surface area contributed by atoms with Crippen molar-refractivity contribution in [3.63, 3.8) is 0 Å². The summed E-state index contributed by atoms with van der Waals surface area (Å²) in [5, 5.41) is 3.76. The molecule has 0 amide bonds. The largest absolute Gasteiger partial charge is 0.328 e. The maximum atomic E-state index is 5.98. The molecule has 1 saturated carbocycles. The van der Waals surface area contributed by atoms with Crippen LogP contribution < -0.4 is 11.1 Å². The van der Waals surface area contributed by atoms with E-state index in [2.05, 4.69) is 17.5 Å². The third-order valence-electron chi connectivity index (χ3n) is 3.46. The molecule has 0 spiro atoms. The number of nitrogens with two attached hydrogens (primary N) is 1. The van der Waals surface area contributed by atoms with E-state index < -0.39 is 0 Å². The molecule has 2 aliphatic rings. The molecule has 80 valence electrons. The zero-order chi connectivity index (χ0) is 9.80. The zero-order valence-electron chi connectivity index (χ0n) is 8.91.